The van der Waals surface area contributed by atoms with Crippen molar-refractivity contribution in [1.82, 2.24) is 4.57 Å². The van der Waals surface area contributed by atoms with E-state index in [2.05, 4.69) is 4.99 Å². The Labute approximate surface area is 153 Å². The number of nitrogens with zero attached hydrogens (tertiary/aromatic N) is 2. The predicted molar refractivity (Wildman–Crippen MR) is 97.6 cm³/mol. The zero-order valence-electron chi connectivity index (χ0n) is 13.5. The van der Waals surface area contributed by atoms with Gasteiger partial charge in [-0.15, -0.1) is 0 Å². The standard InChI is InChI=1S/C18H16ClFN2O2S/c1-2-24-10-9-22-15-8-7-14(20)11-16(15)25-18(22)21-17(23)12-3-5-13(19)6-4-12/h3-8,11H,2,9-10H2,1H3. The molecule has 0 fully saturated rings. The fourth-order valence-corrected chi connectivity index (χ4v) is 3.60. The van der Waals surface area contributed by atoms with Gasteiger partial charge in [0.25, 0.3) is 5.91 Å². The second-order valence-electron chi connectivity index (χ2n) is 5.27. The van der Waals surface area contributed by atoms with Crippen LogP contribution < -0.4 is 4.80 Å². The quantitative estimate of drug-likeness (QED) is 0.622. The number of fused-ring (bicyclic) bond motifs is 1. The van der Waals surface area contributed by atoms with Gasteiger partial charge in [0.05, 0.1) is 16.8 Å². The summed E-state index contributed by atoms with van der Waals surface area (Å²) in [6.45, 7) is 3.54. The first-order chi connectivity index (χ1) is 12.1. The first-order valence-corrected chi connectivity index (χ1v) is 8.99. The average molecular weight is 379 g/mol. The van der Waals surface area contributed by atoms with E-state index in [4.69, 9.17) is 16.3 Å². The van der Waals surface area contributed by atoms with Gasteiger partial charge in [-0.1, -0.05) is 22.9 Å². The molecule has 0 aliphatic heterocycles. The molecule has 0 saturated carbocycles. The van der Waals surface area contributed by atoms with Crippen molar-refractivity contribution in [2.24, 2.45) is 4.99 Å². The van der Waals surface area contributed by atoms with Crippen LogP contribution in [0.15, 0.2) is 47.5 Å². The lowest BCUT2D eigenvalue weighted by Crippen LogP contribution is -2.19. The van der Waals surface area contributed by atoms with E-state index in [1.807, 2.05) is 11.5 Å². The van der Waals surface area contributed by atoms with Crippen molar-refractivity contribution in [2.45, 2.75) is 13.5 Å². The number of rotatable bonds is 5. The third-order valence-corrected chi connectivity index (χ3v) is 4.89. The number of hydrogen-bond donors (Lipinski definition) is 0. The van der Waals surface area contributed by atoms with Crippen LogP contribution in [-0.2, 0) is 11.3 Å². The van der Waals surface area contributed by atoms with Crippen LogP contribution in [0.4, 0.5) is 4.39 Å². The number of amides is 1. The Morgan fingerprint density at radius 3 is 2.76 bits per heavy atom. The van der Waals surface area contributed by atoms with Gasteiger partial charge in [0, 0.05) is 23.7 Å². The molecule has 0 aliphatic carbocycles. The summed E-state index contributed by atoms with van der Waals surface area (Å²) >= 11 is 7.12. The Bertz CT molecular complexity index is 963. The lowest BCUT2D eigenvalue weighted by molar-refractivity contribution is 0.0996. The first kappa shape index (κ1) is 17.8. The highest BCUT2D eigenvalue weighted by Gasteiger charge is 2.10. The van der Waals surface area contributed by atoms with Crippen molar-refractivity contribution in [2.75, 3.05) is 13.2 Å². The maximum atomic E-state index is 13.5. The van der Waals surface area contributed by atoms with E-state index in [1.165, 1.54) is 23.5 Å². The maximum Gasteiger partial charge on any atom is 0.279 e. The normalized spacial score (nSPS) is 12.0. The van der Waals surface area contributed by atoms with E-state index >= 15 is 0 Å². The minimum Gasteiger partial charge on any atom is -0.380 e. The fraction of sp³-hybridized carbons (Fsp3) is 0.222. The average Bonchev–Trinajstić information content (AvgIpc) is 2.92. The fourth-order valence-electron chi connectivity index (χ4n) is 2.39. The SMILES string of the molecule is CCOCCn1c(=NC(=O)c2ccc(Cl)cc2)sc2cc(F)ccc21. The lowest BCUT2D eigenvalue weighted by Gasteiger charge is -2.05. The number of ether oxygens (including phenoxy) is 1. The van der Waals surface area contributed by atoms with Gasteiger partial charge in [0.1, 0.15) is 5.82 Å². The van der Waals surface area contributed by atoms with Crippen molar-refractivity contribution < 1.29 is 13.9 Å². The van der Waals surface area contributed by atoms with Crippen LogP contribution in [0.2, 0.25) is 5.02 Å². The molecular weight excluding hydrogens is 363 g/mol. The third-order valence-electron chi connectivity index (χ3n) is 3.60. The molecule has 0 spiro atoms. The van der Waals surface area contributed by atoms with Gasteiger partial charge in [-0.25, -0.2) is 4.39 Å². The van der Waals surface area contributed by atoms with Crippen LogP contribution in [-0.4, -0.2) is 23.7 Å². The number of benzene rings is 2. The van der Waals surface area contributed by atoms with Crippen molar-refractivity contribution >= 4 is 39.1 Å². The van der Waals surface area contributed by atoms with E-state index in [-0.39, 0.29) is 11.7 Å². The smallest absolute Gasteiger partial charge is 0.279 e. The molecule has 130 valence electrons. The van der Waals surface area contributed by atoms with E-state index in [0.29, 0.717) is 35.1 Å². The van der Waals surface area contributed by atoms with E-state index < -0.39 is 0 Å². The zero-order chi connectivity index (χ0) is 17.8. The highest BCUT2D eigenvalue weighted by Crippen LogP contribution is 2.19. The minimum absolute atomic E-state index is 0.318. The molecular formula is C18H16ClFN2O2S. The molecule has 4 nitrogen and oxygen atoms in total. The molecule has 3 aromatic rings. The van der Waals surface area contributed by atoms with Crippen molar-refractivity contribution in [3.05, 3.63) is 63.7 Å². The molecule has 0 saturated heterocycles. The molecule has 25 heavy (non-hydrogen) atoms. The molecule has 0 N–H and O–H groups in total. The van der Waals surface area contributed by atoms with Crippen LogP contribution in [0.5, 0.6) is 0 Å². The summed E-state index contributed by atoms with van der Waals surface area (Å²) in [6, 6.07) is 11.1. The summed E-state index contributed by atoms with van der Waals surface area (Å²) in [7, 11) is 0. The Balaban J connectivity index is 2.04. The highest BCUT2D eigenvalue weighted by molar-refractivity contribution is 7.16. The summed E-state index contributed by atoms with van der Waals surface area (Å²) in [5, 5.41) is 0.556. The summed E-state index contributed by atoms with van der Waals surface area (Å²) in [5.74, 6) is -0.685. The summed E-state index contributed by atoms with van der Waals surface area (Å²) in [6.07, 6.45) is 0. The molecule has 1 amide bonds. The molecule has 0 aliphatic rings. The number of aromatic nitrogens is 1. The second-order valence-corrected chi connectivity index (χ2v) is 6.71. The number of carbonyl (C=O) groups excluding carboxylic acids is 1. The van der Waals surface area contributed by atoms with E-state index in [1.54, 1.807) is 30.3 Å². The molecule has 3 rings (SSSR count). The number of carbonyl (C=O) groups is 1. The Morgan fingerprint density at radius 2 is 2.04 bits per heavy atom. The summed E-state index contributed by atoms with van der Waals surface area (Å²) in [4.78, 5) is 17.2. The van der Waals surface area contributed by atoms with Gasteiger partial charge >= 0.3 is 0 Å². The van der Waals surface area contributed by atoms with Crippen molar-refractivity contribution in [3.8, 4) is 0 Å². The monoisotopic (exact) mass is 378 g/mol. The third kappa shape index (κ3) is 4.15. The Kier molecular flexibility index (Phi) is 5.63. The molecule has 0 radical (unpaired) electrons. The number of halogens is 2. The molecule has 1 aromatic heterocycles. The van der Waals surface area contributed by atoms with Crippen LogP contribution in [0.1, 0.15) is 17.3 Å². The van der Waals surface area contributed by atoms with Gasteiger partial charge in [0.15, 0.2) is 4.80 Å². The largest absolute Gasteiger partial charge is 0.380 e. The van der Waals surface area contributed by atoms with Gasteiger partial charge in [-0.3, -0.25) is 4.79 Å². The van der Waals surface area contributed by atoms with Crippen molar-refractivity contribution in [1.29, 1.82) is 0 Å². The van der Waals surface area contributed by atoms with Crippen LogP contribution in [0, 0.1) is 5.82 Å². The van der Waals surface area contributed by atoms with E-state index in [0.717, 1.165) is 10.2 Å². The van der Waals surface area contributed by atoms with Crippen LogP contribution in [0.25, 0.3) is 10.2 Å². The summed E-state index contributed by atoms with van der Waals surface area (Å²) in [5.41, 5.74) is 1.28. The predicted octanol–water partition coefficient (Wildman–Crippen LogP) is 4.27. The maximum absolute atomic E-state index is 13.5. The zero-order valence-corrected chi connectivity index (χ0v) is 15.1. The van der Waals surface area contributed by atoms with Gasteiger partial charge < -0.3 is 9.30 Å². The highest BCUT2D eigenvalue weighted by atomic mass is 35.5. The molecule has 0 unspecified atom stereocenters. The minimum atomic E-state index is -0.367. The molecule has 1 heterocycles. The number of thiazole rings is 1. The molecule has 0 atom stereocenters. The topological polar surface area (TPSA) is 43.6 Å². The number of hydrogen-bond acceptors (Lipinski definition) is 3. The van der Waals surface area contributed by atoms with E-state index in [9.17, 15) is 9.18 Å². The molecule has 2 aromatic carbocycles. The van der Waals surface area contributed by atoms with Crippen LogP contribution in [0.3, 0.4) is 0 Å². The van der Waals surface area contributed by atoms with Gasteiger partial charge in [0.2, 0.25) is 0 Å². The molecule has 7 heteroatoms. The van der Waals surface area contributed by atoms with Gasteiger partial charge in [-0.2, -0.15) is 4.99 Å². The Hall–Kier alpha value is -2.02. The lowest BCUT2D eigenvalue weighted by atomic mass is 10.2. The summed E-state index contributed by atoms with van der Waals surface area (Å²) < 4.78 is 21.5. The first-order valence-electron chi connectivity index (χ1n) is 7.79. The van der Waals surface area contributed by atoms with Crippen LogP contribution >= 0.6 is 22.9 Å². The van der Waals surface area contributed by atoms with Gasteiger partial charge in [-0.05, 0) is 49.4 Å². The molecule has 0 bridgehead atoms. The Morgan fingerprint density at radius 1 is 1.28 bits per heavy atom. The van der Waals surface area contributed by atoms with Crippen molar-refractivity contribution in [3.63, 3.8) is 0 Å². The second kappa shape index (κ2) is 7.91.